The molecule has 0 radical (unpaired) electrons. The number of amides is 1. The number of ether oxygens (including phenoxy) is 2. The lowest BCUT2D eigenvalue weighted by Gasteiger charge is -2.40. The molecular weight excluding hydrogens is 775 g/mol. The fourth-order valence-corrected chi connectivity index (χ4v) is 8.62. The molecule has 1 saturated heterocycles. The maximum atomic E-state index is 13.1. The van der Waals surface area contributed by atoms with Crippen molar-refractivity contribution >= 4 is 5.91 Å². The van der Waals surface area contributed by atoms with Crippen LogP contribution >= 0.6 is 0 Å². The van der Waals surface area contributed by atoms with Gasteiger partial charge >= 0.3 is 0 Å². The van der Waals surface area contributed by atoms with E-state index >= 15 is 0 Å². The maximum Gasteiger partial charge on any atom is 0.249 e. The first-order valence-corrected chi connectivity index (χ1v) is 25.9. The van der Waals surface area contributed by atoms with Crippen LogP contribution in [0.15, 0.2) is 0 Å². The Balaban J connectivity index is 2.38. The van der Waals surface area contributed by atoms with Gasteiger partial charge in [-0.05, 0) is 12.8 Å². The molecule has 0 aromatic rings. The highest BCUT2D eigenvalue weighted by molar-refractivity contribution is 5.80. The zero-order chi connectivity index (χ0) is 44.8. The van der Waals surface area contributed by atoms with Crippen molar-refractivity contribution in [2.75, 3.05) is 13.2 Å². The van der Waals surface area contributed by atoms with E-state index in [2.05, 4.69) is 19.2 Å². The quantitative estimate of drug-likeness (QED) is 0.0274. The fourth-order valence-electron chi connectivity index (χ4n) is 8.62. The topological polar surface area (TPSA) is 189 Å². The Kier molecular flexibility index (Phi) is 38.7. The lowest BCUT2D eigenvalue weighted by Crippen LogP contribution is -2.60. The molecule has 1 rings (SSSR count). The SMILES string of the molecule is CCCCCCCCCCCCCCCCCCCCC(O)C(O)C(COC1OC(CO)C(O)C(O)C1O)NC(=O)C(O)CCCCCCCCCCCCCCCCCC. The number of aliphatic hydroxyl groups excluding tert-OH is 7. The summed E-state index contributed by atoms with van der Waals surface area (Å²) < 4.78 is 11.1. The van der Waals surface area contributed by atoms with Gasteiger partial charge in [-0.2, -0.15) is 0 Å². The van der Waals surface area contributed by atoms with Crippen LogP contribution in [0.4, 0.5) is 0 Å². The van der Waals surface area contributed by atoms with E-state index in [1.807, 2.05) is 0 Å². The van der Waals surface area contributed by atoms with Gasteiger partial charge in [-0.25, -0.2) is 0 Å². The van der Waals surface area contributed by atoms with Crippen LogP contribution in [0.5, 0.6) is 0 Å². The zero-order valence-corrected chi connectivity index (χ0v) is 39.4. The summed E-state index contributed by atoms with van der Waals surface area (Å²) in [6.45, 7) is 3.47. The van der Waals surface area contributed by atoms with Crippen LogP contribution in [0.3, 0.4) is 0 Å². The summed E-state index contributed by atoms with van der Waals surface area (Å²) in [7, 11) is 0. The van der Waals surface area contributed by atoms with Crippen LogP contribution in [0.1, 0.15) is 245 Å². The summed E-state index contributed by atoms with van der Waals surface area (Å²) in [6.07, 6.45) is 31.4. The van der Waals surface area contributed by atoms with Gasteiger partial charge in [-0.1, -0.05) is 232 Å². The van der Waals surface area contributed by atoms with Crippen LogP contribution in [0.25, 0.3) is 0 Å². The molecule has 0 aliphatic carbocycles. The summed E-state index contributed by atoms with van der Waals surface area (Å²) in [5.74, 6) is -0.692. The highest BCUT2D eigenvalue weighted by Crippen LogP contribution is 2.23. The summed E-state index contributed by atoms with van der Waals surface area (Å²) in [4.78, 5) is 13.1. The van der Waals surface area contributed by atoms with E-state index in [1.54, 1.807) is 0 Å². The molecule has 1 amide bonds. The molecule has 0 saturated carbocycles. The molecule has 9 unspecified atom stereocenters. The highest BCUT2D eigenvalue weighted by atomic mass is 16.7. The zero-order valence-electron chi connectivity index (χ0n) is 39.4. The number of hydrogen-bond donors (Lipinski definition) is 8. The van der Waals surface area contributed by atoms with E-state index in [0.29, 0.717) is 19.3 Å². The number of rotatable bonds is 44. The molecule has 0 aromatic carbocycles. The first-order valence-electron chi connectivity index (χ1n) is 25.9. The van der Waals surface area contributed by atoms with Gasteiger partial charge in [0.25, 0.3) is 0 Å². The summed E-state index contributed by atoms with van der Waals surface area (Å²) >= 11 is 0. The third kappa shape index (κ3) is 30.0. The number of carbonyl (C=O) groups excluding carboxylic acids is 1. The van der Waals surface area contributed by atoms with Crippen molar-refractivity contribution in [1.29, 1.82) is 0 Å². The van der Waals surface area contributed by atoms with Crippen LogP contribution in [-0.2, 0) is 14.3 Å². The molecule has 9 atom stereocenters. The van der Waals surface area contributed by atoms with Crippen molar-refractivity contribution in [2.24, 2.45) is 0 Å². The van der Waals surface area contributed by atoms with E-state index in [-0.39, 0.29) is 6.42 Å². The van der Waals surface area contributed by atoms with Crippen molar-refractivity contribution < 1.29 is 50.0 Å². The number of carbonyl (C=O) groups is 1. The van der Waals surface area contributed by atoms with E-state index in [1.165, 1.54) is 167 Å². The fraction of sp³-hybridized carbons (Fsp3) is 0.980. The van der Waals surface area contributed by atoms with Crippen molar-refractivity contribution in [3.05, 3.63) is 0 Å². The minimum atomic E-state index is -1.66. The normalized spacial score (nSPS) is 21.4. The van der Waals surface area contributed by atoms with E-state index in [9.17, 15) is 40.5 Å². The predicted octanol–water partition coefficient (Wildman–Crippen LogP) is 9.45. The molecule has 61 heavy (non-hydrogen) atoms. The minimum Gasteiger partial charge on any atom is -0.394 e. The lowest BCUT2D eigenvalue weighted by molar-refractivity contribution is -0.303. The van der Waals surface area contributed by atoms with Gasteiger partial charge in [0.15, 0.2) is 6.29 Å². The summed E-state index contributed by atoms with van der Waals surface area (Å²) in [5, 5.41) is 75.9. The Morgan fingerprint density at radius 1 is 0.508 bits per heavy atom. The largest absolute Gasteiger partial charge is 0.394 e. The third-order valence-corrected chi connectivity index (χ3v) is 12.9. The molecule has 11 heteroatoms. The number of nitrogens with one attached hydrogen (secondary N) is 1. The minimum absolute atomic E-state index is 0.266. The Morgan fingerprint density at radius 3 is 1.21 bits per heavy atom. The molecule has 1 aliphatic heterocycles. The molecular formula is C50H99NO10. The molecule has 1 fully saturated rings. The van der Waals surface area contributed by atoms with Crippen molar-refractivity contribution in [3.8, 4) is 0 Å². The number of unbranched alkanes of at least 4 members (excludes halogenated alkanes) is 32. The Morgan fingerprint density at radius 2 is 0.852 bits per heavy atom. The Bertz CT molecular complexity index is 959. The van der Waals surface area contributed by atoms with Gasteiger partial charge in [0, 0.05) is 0 Å². The second-order valence-corrected chi connectivity index (χ2v) is 18.6. The second-order valence-electron chi connectivity index (χ2n) is 18.6. The first-order chi connectivity index (χ1) is 29.7. The average Bonchev–Trinajstić information content (AvgIpc) is 3.26. The molecule has 0 spiro atoms. The van der Waals surface area contributed by atoms with Crippen LogP contribution in [0.2, 0.25) is 0 Å². The molecule has 11 nitrogen and oxygen atoms in total. The van der Waals surface area contributed by atoms with Gasteiger partial charge in [-0.15, -0.1) is 0 Å². The smallest absolute Gasteiger partial charge is 0.249 e. The molecule has 1 aliphatic rings. The summed E-state index contributed by atoms with van der Waals surface area (Å²) in [6, 6.07) is -1.16. The van der Waals surface area contributed by atoms with Gasteiger partial charge in [0.05, 0.1) is 25.4 Å². The first kappa shape index (κ1) is 58.1. The average molecular weight is 874 g/mol. The number of aliphatic hydroxyl groups is 7. The van der Waals surface area contributed by atoms with Crippen LogP contribution in [-0.4, -0.2) is 110 Å². The molecule has 1 heterocycles. The summed E-state index contributed by atoms with van der Waals surface area (Å²) in [5.41, 5.74) is 0. The molecule has 0 aromatic heterocycles. The second kappa shape index (κ2) is 40.6. The molecule has 364 valence electrons. The third-order valence-electron chi connectivity index (χ3n) is 12.9. The molecule has 8 N–H and O–H groups in total. The van der Waals surface area contributed by atoms with E-state index in [0.717, 1.165) is 38.5 Å². The van der Waals surface area contributed by atoms with Crippen molar-refractivity contribution in [2.45, 2.75) is 300 Å². The predicted molar refractivity (Wildman–Crippen MR) is 247 cm³/mol. The standard InChI is InChI=1S/C50H99NO10/c1-3-5-7-9-11-13-15-17-19-21-22-24-25-27-29-31-33-35-37-42(53)45(55)41(40-60-50-48(58)47(57)46(56)44(39-52)61-50)51-49(59)43(54)38-36-34-32-30-28-26-23-20-18-16-14-12-10-8-6-4-2/h41-48,50,52-58H,3-40H2,1-2H3,(H,51,59). The van der Waals surface area contributed by atoms with Crippen LogP contribution < -0.4 is 5.32 Å². The van der Waals surface area contributed by atoms with Gasteiger partial charge in [-0.3, -0.25) is 4.79 Å². The van der Waals surface area contributed by atoms with Crippen molar-refractivity contribution in [3.63, 3.8) is 0 Å². The van der Waals surface area contributed by atoms with Gasteiger partial charge in [0.1, 0.15) is 36.6 Å². The van der Waals surface area contributed by atoms with E-state index in [4.69, 9.17) is 9.47 Å². The van der Waals surface area contributed by atoms with Gasteiger partial charge < -0.3 is 50.5 Å². The van der Waals surface area contributed by atoms with Crippen molar-refractivity contribution in [1.82, 2.24) is 5.32 Å². The monoisotopic (exact) mass is 874 g/mol. The van der Waals surface area contributed by atoms with Crippen LogP contribution in [0, 0.1) is 0 Å². The van der Waals surface area contributed by atoms with E-state index < -0.39 is 74.2 Å². The lowest BCUT2D eigenvalue weighted by atomic mass is 9.98. The molecule has 0 bridgehead atoms. The highest BCUT2D eigenvalue weighted by Gasteiger charge is 2.44. The van der Waals surface area contributed by atoms with Gasteiger partial charge in [0.2, 0.25) is 5.91 Å². The Labute approximate surface area is 373 Å². The number of hydrogen-bond acceptors (Lipinski definition) is 10. The maximum absolute atomic E-state index is 13.1. The Hall–Kier alpha value is -0.890.